The monoisotopic (exact) mass is 360 g/mol. The third kappa shape index (κ3) is 6.58. The predicted molar refractivity (Wildman–Crippen MR) is 103 cm³/mol. The van der Waals surface area contributed by atoms with Gasteiger partial charge >= 0.3 is 5.97 Å². The van der Waals surface area contributed by atoms with E-state index in [9.17, 15) is 9.90 Å². The SMILES string of the molecule is Cc1cc(C)c2c(c1)CCC[C@H](OC(C)(C)O)CC/C=C\CCOC2=O. The number of aryl methyl sites for hydroxylation is 3. The first-order valence-electron chi connectivity index (χ1n) is 9.58. The molecule has 0 saturated heterocycles. The Morgan fingerprint density at radius 1 is 1.15 bits per heavy atom. The Labute approximate surface area is 157 Å². The molecule has 4 heteroatoms. The van der Waals surface area contributed by atoms with Gasteiger partial charge in [0.25, 0.3) is 0 Å². The minimum absolute atomic E-state index is 0.00361. The van der Waals surface area contributed by atoms with Gasteiger partial charge in [0.15, 0.2) is 5.79 Å². The molecule has 0 amide bonds. The van der Waals surface area contributed by atoms with Gasteiger partial charge in [-0.3, -0.25) is 0 Å². The lowest BCUT2D eigenvalue weighted by Crippen LogP contribution is -2.30. The van der Waals surface area contributed by atoms with E-state index in [-0.39, 0.29) is 12.1 Å². The molecule has 1 N–H and O–H groups in total. The number of carbonyl (C=O) groups excluding carboxylic acids is 1. The normalized spacial score (nSPS) is 21.4. The first-order chi connectivity index (χ1) is 12.3. The molecule has 0 aromatic heterocycles. The number of benzene rings is 1. The van der Waals surface area contributed by atoms with E-state index in [1.54, 1.807) is 13.8 Å². The van der Waals surface area contributed by atoms with Crippen molar-refractivity contribution in [3.63, 3.8) is 0 Å². The zero-order chi connectivity index (χ0) is 19.2. The summed E-state index contributed by atoms with van der Waals surface area (Å²) in [4.78, 5) is 12.6. The van der Waals surface area contributed by atoms with E-state index in [1.807, 2.05) is 19.1 Å². The molecule has 0 radical (unpaired) electrons. The number of fused-ring (bicyclic) bond motifs is 1. The highest BCUT2D eigenvalue weighted by Crippen LogP contribution is 2.23. The average molecular weight is 360 g/mol. The Morgan fingerprint density at radius 3 is 2.62 bits per heavy atom. The quantitative estimate of drug-likeness (QED) is 0.474. The third-order valence-corrected chi connectivity index (χ3v) is 4.53. The van der Waals surface area contributed by atoms with Gasteiger partial charge in [-0.25, -0.2) is 4.79 Å². The van der Waals surface area contributed by atoms with E-state index in [0.29, 0.717) is 18.6 Å². The summed E-state index contributed by atoms with van der Waals surface area (Å²) in [5.41, 5.74) is 3.87. The van der Waals surface area contributed by atoms with Crippen LogP contribution in [-0.2, 0) is 15.9 Å². The van der Waals surface area contributed by atoms with Gasteiger partial charge in [-0.2, -0.15) is 0 Å². The minimum Gasteiger partial charge on any atom is -0.462 e. The van der Waals surface area contributed by atoms with Crippen LogP contribution >= 0.6 is 0 Å². The molecule has 1 aliphatic heterocycles. The fraction of sp³-hybridized carbons (Fsp3) is 0.591. The number of allylic oxidation sites excluding steroid dienone is 1. The van der Waals surface area contributed by atoms with Crippen molar-refractivity contribution in [2.45, 2.75) is 78.1 Å². The Bertz CT molecular complexity index is 640. The summed E-state index contributed by atoms with van der Waals surface area (Å²) in [5.74, 6) is -1.36. The summed E-state index contributed by atoms with van der Waals surface area (Å²) in [5, 5.41) is 10.0. The molecule has 1 aliphatic rings. The molecular formula is C22H32O4. The van der Waals surface area contributed by atoms with Crippen molar-refractivity contribution in [1.29, 1.82) is 0 Å². The second-order valence-corrected chi connectivity index (χ2v) is 7.67. The number of carbonyl (C=O) groups is 1. The average Bonchev–Trinajstić information content (AvgIpc) is 2.50. The Hall–Kier alpha value is -1.65. The summed E-state index contributed by atoms with van der Waals surface area (Å²) in [7, 11) is 0. The van der Waals surface area contributed by atoms with Gasteiger partial charge in [-0.1, -0.05) is 29.8 Å². The molecule has 0 spiro atoms. The molecule has 0 unspecified atom stereocenters. The molecule has 26 heavy (non-hydrogen) atoms. The molecule has 1 atom stereocenters. The molecule has 1 heterocycles. The maximum atomic E-state index is 12.6. The van der Waals surface area contributed by atoms with E-state index in [1.165, 1.54) is 0 Å². The van der Waals surface area contributed by atoms with Crippen LogP contribution in [0.3, 0.4) is 0 Å². The van der Waals surface area contributed by atoms with Crippen LogP contribution in [0.1, 0.15) is 73.0 Å². The number of esters is 1. The van der Waals surface area contributed by atoms with Gasteiger partial charge in [0.05, 0.1) is 18.3 Å². The Kier molecular flexibility index (Phi) is 7.42. The van der Waals surface area contributed by atoms with Crippen LogP contribution in [0.15, 0.2) is 24.3 Å². The second kappa shape index (κ2) is 9.33. The summed E-state index contributed by atoms with van der Waals surface area (Å²) < 4.78 is 11.3. The van der Waals surface area contributed by atoms with Crippen LogP contribution < -0.4 is 0 Å². The van der Waals surface area contributed by atoms with Gasteiger partial charge in [0.1, 0.15) is 0 Å². The fourth-order valence-electron chi connectivity index (χ4n) is 3.54. The predicted octanol–water partition coefficient (Wildman–Crippen LogP) is 4.64. The Morgan fingerprint density at radius 2 is 1.88 bits per heavy atom. The second-order valence-electron chi connectivity index (χ2n) is 7.67. The van der Waals surface area contributed by atoms with Crippen molar-refractivity contribution in [2.24, 2.45) is 0 Å². The third-order valence-electron chi connectivity index (χ3n) is 4.53. The molecule has 1 aromatic carbocycles. The molecular weight excluding hydrogens is 328 g/mol. The number of aliphatic hydroxyl groups is 1. The van der Waals surface area contributed by atoms with Crippen molar-refractivity contribution < 1.29 is 19.4 Å². The lowest BCUT2D eigenvalue weighted by atomic mass is 9.94. The molecule has 2 rings (SSSR count). The zero-order valence-electron chi connectivity index (χ0n) is 16.5. The van der Waals surface area contributed by atoms with Crippen LogP contribution in [-0.4, -0.2) is 29.6 Å². The highest BCUT2D eigenvalue weighted by atomic mass is 16.6. The highest BCUT2D eigenvalue weighted by molar-refractivity contribution is 5.93. The Balaban J connectivity index is 2.21. The molecule has 0 saturated carbocycles. The number of cyclic esters (lactones) is 1. The van der Waals surface area contributed by atoms with Crippen LogP contribution in [0.5, 0.6) is 0 Å². The van der Waals surface area contributed by atoms with Crippen molar-refractivity contribution in [1.82, 2.24) is 0 Å². The van der Waals surface area contributed by atoms with Gasteiger partial charge in [-0.15, -0.1) is 0 Å². The lowest BCUT2D eigenvalue weighted by molar-refractivity contribution is -0.207. The van der Waals surface area contributed by atoms with E-state index in [0.717, 1.165) is 48.8 Å². The summed E-state index contributed by atoms with van der Waals surface area (Å²) >= 11 is 0. The first-order valence-corrected chi connectivity index (χ1v) is 9.58. The van der Waals surface area contributed by atoms with Crippen LogP contribution in [0.2, 0.25) is 0 Å². The van der Waals surface area contributed by atoms with Crippen molar-refractivity contribution in [3.05, 3.63) is 46.5 Å². The van der Waals surface area contributed by atoms with Crippen LogP contribution in [0.4, 0.5) is 0 Å². The van der Waals surface area contributed by atoms with Crippen molar-refractivity contribution >= 4 is 5.97 Å². The molecule has 1 aromatic rings. The van der Waals surface area contributed by atoms with Crippen molar-refractivity contribution in [2.75, 3.05) is 6.61 Å². The fourth-order valence-corrected chi connectivity index (χ4v) is 3.54. The van der Waals surface area contributed by atoms with Gasteiger partial charge in [-0.05, 0) is 77.3 Å². The molecule has 0 bridgehead atoms. The largest absolute Gasteiger partial charge is 0.462 e. The maximum absolute atomic E-state index is 12.6. The van der Waals surface area contributed by atoms with E-state index < -0.39 is 5.79 Å². The van der Waals surface area contributed by atoms with Crippen LogP contribution in [0, 0.1) is 13.8 Å². The lowest BCUT2D eigenvalue weighted by Gasteiger charge is -2.26. The molecule has 0 aliphatic carbocycles. The molecule has 144 valence electrons. The van der Waals surface area contributed by atoms with Gasteiger partial charge < -0.3 is 14.6 Å². The zero-order valence-corrected chi connectivity index (χ0v) is 16.5. The minimum atomic E-state index is -1.13. The maximum Gasteiger partial charge on any atom is 0.338 e. The van der Waals surface area contributed by atoms with E-state index in [4.69, 9.17) is 9.47 Å². The van der Waals surface area contributed by atoms with Crippen LogP contribution in [0.25, 0.3) is 0 Å². The van der Waals surface area contributed by atoms with Gasteiger partial charge in [0.2, 0.25) is 0 Å². The summed E-state index contributed by atoms with van der Waals surface area (Å²) in [6, 6.07) is 4.12. The first kappa shape index (κ1) is 20.7. The highest BCUT2D eigenvalue weighted by Gasteiger charge is 2.21. The topological polar surface area (TPSA) is 55.8 Å². The number of rotatable bonds is 2. The molecule has 4 nitrogen and oxygen atoms in total. The summed E-state index contributed by atoms with van der Waals surface area (Å²) in [6.45, 7) is 7.76. The number of ether oxygens (including phenoxy) is 2. The number of hydrogen-bond acceptors (Lipinski definition) is 4. The van der Waals surface area contributed by atoms with E-state index in [2.05, 4.69) is 19.1 Å². The smallest absolute Gasteiger partial charge is 0.338 e. The van der Waals surface area contributed by atoms with E-state index >= 15 is 0 Å². The number of hydrogen-bond donors (Lipinski definition) is 1. The standard InChI is InChI=1S/C22H32O4/c1-16-14-17(2)20-18(15-16)10-9-12-19(26-22(3,4)24)11-7-5-6-8-13-25-21(20)23/h5-6,14-15,19,24H,7-13H2,1-4H3/b6-5-/t19-/m1/s1. The van der Waals surface area contributed by atoms with Gasteiger partial charge in [0, 0.05) is 0 Å². The van der Waals surface area contributed by atoms with Crippen molar-refractivity contribution in [3.8, 4) is 0 Å². The summed E-state index contributed by atoms with van der Waals surface area (Å²) in [6.07, 6.45) is 9.17. The molecule has 0 fully saturated rings.